The molecule has 0 saturated heterocycles. The number of hydrazone groups is 1. The first-order chi connectivity index (χ1) is 7.74. The van der Waals surface area contributed by atoms with Crippen LogP contribution >= 0.6 is 0 Å². The Labute approximate surface area is 93.0 Å². The van der Waals surface area contributed by atoms with Gasteiger partial charge >= 0.3 is 0 Å². The summed E-state index contributed by atoms with van der Waals surface area (Å²) in [6.45, 7) is 0. The number of carbonyl (C=O) groups is 1. The maximum Gasteiger partial charge on any atom is 0.255 e. The van der Waals surface area contributed by atoms with Crippen molar-refractivity contribution in [2.75, 3.05) is 5.01 Å². The summed E-state index contributed by atoms with van der Waals surface area (Å²) in [5.74, 6) is 1.24. The standard InChI is InChI=1S/C10H13N5O/c1-14-6-11-12-10(14)15-9(16)5-8(13-15)4-7-2-3-7/h6-7H,2-5H2,1H3. The average molecular weight is 219 g/mol. The lowest BCUT2D eigenvalue weighted by Crippen LogP contribution is -2.22. The van der Waals surface area contributed by atoms with Gasteiger partial charge in [0.15, 0.2) is 0 Å². The highest BCUT2D eigenvalue weighted by molar-refractivity contribution is 6.12. The topological polar surface area (TPSA) is 63.4 Å². The van der Waals surface area contributed by atoms with Crippen LogP contribution in [-0.4, -0.2) is 26.4 Å². The van der Waals surface area contributed by atoms with Crippen LogP contribution < -0.4 is 5.01 Å². The highest BCUT2D eigenvalue weighted by Gasteiger charge is 2.31. The van der Waals surface area contributed by atoms with Crippen molar-refractivity contribution in [2.45, 2.75) is 25.7 Å². The van der Waals surface area contributed by atoms with Crippen molar-refractivity contribution >= 4 is 17.6 Å². The van der Waals surface area contributed by atoms with Crippen LogP contribution in [0.1, 0.15) is 25.7 Å². The summed E-state index contributed by atoms with van der Waals surface area (Å²) in [7, 11) is 1.80. The monoisotopic (exact) mass is 219 g/mol. The summed E-state index contributed by atoms with van der Waals surface area (Å²) < 4.78 is 1.70. The largest absolute Gasteiger partial charge is 0.301 e. The van der Waals surface area contributed by atoms with Crippen molar-refractivity contribution in [3.05, 3.63) is 6.33 Å². The maximum absolute atomic E-state index is 11.8. The van der Waals surface area contributed by atoms with Gasteiger partial charge < -0.3 is 4.57 Å². The summed E-state index contributed by atoms with van der Waals surface area (Å²) >= 11 is 0. The molecule has 1 fully saturated rings. The van der Waals surface area contributed by atoms with Gasteiger partial charge in [-0.25, -0.2) is 0 Å². The number of carbonyl (C=O) groups excluding carboxylic acids is 1. The number of hydrogen-bond donors (Lipinski definition) is 0. The van der Waals surface area contributed by atoms with Crippen LogP contribution in [0.15, 0.2) is 11.4 Å². The molecule has 0 N–H and O–H groups in total. The molecule has 1 aromatic rings. The minimum atomic E-state index is -0.00764. The molecule has 84 valence electrons. The van der Waals surface area contributed by atoms with E-state index in [2.05, 4.69) is 15.3 Å². The van der Waals surface area contributed by atoms with E-state index in [1.54, 1.807) is 17.9 Å². The van der Waals surface area contributed by atoms with Gasteiger partial charge in [0, 0.05) is 12.8 Å². The third-order valence-corrected chi connectivity index (χ3v) is 2.93. The van der Waals surface area contributed by atoms with Crippen LogP contribution in [-0.2, 0) is 11.8 Å². The Balaban J connectivity index is 1.82. The van der Waals surface area contributed by atoms with Gasteiger partial charge in [-0.1, -0.05) is 0 Å². The number of aryl methyl sites for hydroxylation is 1. The number of aromatic nitrogens is 3. The lowest BCUT2D eigenvalue weighted by molar-refractivity contribution is -0.117. The van der Waals surface area contributed by atoms with Gasteiger partial charge in [-0.15, -0.1) is 10.2 Å². The van der Waals surface area contributed by atoms with Gasteiger partial charge in [0.25, 0.3) is 11.9 Å². The maximum atomic E-state index is 11.8. The zero-order valence-electron chi connectivity index (χ0n) is 9.13. The predicted octanol–water partition coefficient (Wildman–Crippen LogP) is 0.708. The van der Waals surface area contributed by atoms with Crippen molar-refractivity contribution < 1.29 is 4.79 Å². The molecule has 0 spiro atoms. The van der Waals surface area contributed by atoms with E-state index in [-0.39, 0.29) is 5.91 Å². The molecule has 16 heavy (non-hydrogen) atoms. The Morgan fingerprint density at radius 2 is 2.31 bits per heavy atom. The Bertz CT molecular complexity index is 460. The molecule has 6 nitrogen and oxygen atoms in total. The van der Waals surface area contributed by atoms with Crippen molar-refractivity contribution in [3.63, 3.8) is 0 Å². The Morgan fingerprint density at radius 3 is 2.94 bits per heavy atom. The first kappa shape index (κ1) is 9.50. The van der Waals surface area contributed by atoms with Crippen LogP contribution in [0.2, 0.25) is 0 Å². The molecule has 3 rings (SSSR count). The number of anilines is 1. The molecule has 0 unspecified atom stereocenters. The fraction of sp³-hybridized carbons (Fsp3) is 0.600. The first-order valence-electron chi connectivity index (χ1n) is 5.47. The molecule has 1 saturated carbocycles. The van der Waals surface area contributed by atoms with E-state index in [9.17, 15) is 4.79 Å². The van der Waals surface area contributed by atoms with E-state index in [4.69, 9.17) is 0 Å². The fourth-order valence-corrected chi connectivity index (χ4v) is 1.88. The zero-order chi connectivity index (χ0) is 11.1. The van der Waals surface area contributed by atoms with E-state index >= 15 is 0 Å². The zero-order valence-corrected chi connectivity index (χ0v) is 9.13. The number of amides is 1. The number of hydrogen-bond acceptors (Lipinski definition) is 4. The van der Waals surface area contributed by atoms with E-state index in [1.807, 2.05) is 0 Å². The van der Waals surface area contributed by atoms with E-state index in [1.165, 1.54) is 17.9 Å². The van der Waals surface area contributed by atoms with Gasteiger partial charge in [-0.2, -0.15) is 10.1 Å². The van der Waals surface area contributed by atoms with Crippen LogP contribution in [0, 0.1) is 5.92 Å². The SMILES string of the molecule is Cn1cnnc1N1N=C(CC2CC2)CC1=O. The highest BCUT2D eigenvalue weighted by atomic mass is 16.2. The second-order valence-electron chi connectivity index (χ2n) is 4.44. The Morgan fingerprint density at radius 1 is 1.50 bits per heavy atom. The molecule has 0 atom stereocenters. The third kappa shape index (κ3) is 1.60. The molecule has 2 heterocycles. The fourth-order valence-electron chi connectivity index (χ4n) is 1.88. The summed E-state index contributed by atoms with van der Waals surface area (Å²) in [5, 5.41) is 13.3. The Kier molecular flexibility index (Phi) is 2.02. The van der Waals surface area contributed by atoms with Crippen molar-refractivity contribution in [1.29, 1.82) is 0 Å². The van der Waals surface area contributed by atoms with Crippen molar-refractivity contribution in [1.82, 2.24) is 14.8 Å². The third-order valence-electron chi connectivity index (χ3n) is 2.93. The molecule has 0 aromatic carbocycles. The molecule has 2 aliphatic rings. The average Bonchev–Trinajstić information content (AvgIpc) is 2.84. The van der Waals surface area contributed by atoms with Gasteiger partial charge in [0.05, 0.1) is 6.42 Å². The van der Waals surface area contributed by atoms with E-state index in [0.29, 0.717) is 12.4 Å². The molecule has 0 radical (unpaired) electrons. The van der Waals surface area contributed by atoms with Gasteiger partial charge in [-0.3, -0.25) is 4.79 Å². The second kappa shape index (κ2) is 3.40. The van der Waals surface area contributed by atoms with Crippen LogP contribution in [0.3, 0.4) is 0 Å². The smallest absolute Gasteiger partial charge is 0.255 e. The van der Waals surface area contributed by atoms with Crippen LogP contribution in [0.5, 0.6) is 0 Å². The minimum Gasteiger partial charge on any atom is -0.301 e. The summed E-state index contributed by atoms with van der Waals surface area (Å²) in [6.07, 6.45) is 5.51. The van der Waals surface area contributed by atoms with Gasteiger partial charge in [0.1, 0.15) is 6.33 Å². The lowest BCUT2D eigenvalue weighted by Gasteiger charge is -2.08. The van der Waals surface area contributed by atoms with Crippen molar-refractivity contribution in [2.24, 2.45) is 18.1 Å². The first-order valence-corrected chi connectivity index (χ1v) is 5.47. The van der Waals surface area contributed by atoms with Crippen LogP contribution in [0.25, 0.3) is 0 Å². The quantitative estimate of drug-likeness (QED) is 0.752. The summed E-state index contributed by atoms with van der Waals surface area (Å²) in [6, 6.07) is 0. The molecule has 1 aliphatic carbocycles. The molecule has 1 aliphatic heterocycles. The van der Waals surface area contributed by atoms with Gasteiger partial charge in [0.2, 0.25) is 0 Å². The lowest BCUT2D eigenvalue weighted by atomic mass is 10.1. The Hall–Kier alpha value is -1.72. The van der Waals surface area contributed by atoms with Gasteiger partial charge in [-0.05, 0) is 25.2 Å². The number of nitrogens with zero attached hydrogens (tertiary/aromatic N) is 5. The molecular formula is C10H13N5O. The minimum absolute atomic E-state index is 0.00764. The predicted molar refractivity (Wildman–Crippen MR) is 57.9 cm³/mol. The van der Waals surface area contributed by atoms with E-state index < -0.39 is 0 Å². The second-order valence-corrected chi connectivity index (χ2v) is 4.44. The molecule has 6 heteroatoms. The molecule has 1 amide bonds. The number of rotatable bonds is 3. The van der Waals surface area contributed by atoms with E-state index in [0.717, 1.165) is 18.1 Å². The normalized spacial score (nSPS) is 20.4. The van der Waals surface area contributed by atoms with Crippen molar-refractivity contribution in [3.8, 4) is 0 Å². The summed E-state index contributed by atoms with van der Waals surface area (Å²) in [5.41, 5.74) is 0.982. The highest BCUT2D eigenvalue weighted by Crippen LogP contribution is 2.34. The molecular weight excluding hydrogens is 206 g/mol. The molecule has 1 aromatic heterocycles. The van der Waals surface area contributed by atoms with Crippen LogP contribution in [0.4, 0.5) is 5.95 Å². The molecule has 0 bridgehead atoms. The summed E-state index contributed by atoms with van der Waals surface area (Å²) in [4.78, 5) is 11.8.